The van der Waals surface area contributed by atoms with Gasteiger partial charge in [-0.1, -0.05) is 12.1 Å². The lowest BCUT2D eigenvalue weighted by Crippen LogP contribution is -2.35. The topological polar surface area (TPSA) is 191 Å². The summed E-state index contributed by atoms with van der Waals surface area (Å²) in [6, 6.07) is 17.0. The number of anilines is 1. The monoisotopic (exact) mass is 764 g/mol. The van der Waals surface area contributed by atoms with Crippen molar-refractivity contribution >= 4 is 48.3 Å². The van der Waals surface area contributed by atoms with E-state index in [1.165, 1.54) is 0 Å². The van der Waals surface area contributed by atoms with Gasteiger partial charge in [-0.15, -0.1) is 5.06 Å². The molecule has 0 unspecified atom stereocenters. The number of carbonyl (C=O) groups excluding carboxylic acids is 4. The molecule has 0 spiro atoms. The highest BCUT2D eigenvalue weighted by Gasteiger charge is 2.33. The first-order valence-corrected chi connectivity index (χ1v) is 19.6. The zero-order chi connectivity index (χ0) is 39.0. The summed E-state index contributed by atoms with van der Waals surface area (Å²) in [7, 11) is -4.59. The fraction of sp³-hybridized carbons (Fsp3) is 0.395. The Labute approximate surface area is 313 Å². The van der Waals surface area contributed by atoms with Crippen molar-refractivity contribution in [2.75, 3.05) is 44.2 Å². The van der Waals surface area contributed by atoms with Crippen LogP contribution in [0.3, 0.4) is 0 Å². The number of hydroxylamine groups is 2. The van der Waals surface area contributed by atoms with Gasteiger partial charge in [0.1, 0.15) is 24.4 Å². The molecule has 1 fully saturated rings. The number of rotatable bonds is 16. The third kappa shape index (κ3) is 9.71. The fourth-order valence-corrected chi connectivity index (χ4v) is 6.87. The number of amides is 4. The predicted molar refractivity (Wildman–Crippen MR) is 202 cm³/mol. The third-order valence-electron chi connectivity index (χ3n) is 9.24. The van der Waals surface area contributed by atoms with E-state index in [1.807, 2.05) is 42.5 Å². The highest BCUT2D eigenvalue weighted by molar-refractivity contribution is 7.46. The minimum Gasteiger partial charge on any atom is -0.456 e. The Hall–Kier alpha value is -5.08. The van der Waals surface area contributed by atoms with Gasteiger partial charge in [0, 0.05) is 73.4 Å². The number of nitrogens with zero attached hydrogens (tertiary/aromatic N) is 3. The van der Waals surface area contributed by atoms with Gasteiger partial charge in [0.2, 0.25) is 5.36 Å². The van der Waals surface area contributed by atoms with E-state index in [0.717, 1.165) is 53.7 Å². The summed E-state index contributed by atoms with van der Waals surface area (Å²) in [4.78, 5) is 75.6. The molecule has 2 heterocycles. The number of benzene rings is 3. The van der Waals surface area contributed by atoms with E-state index in [2.05, 4.69) is 52.3 Å². The fourth-order valence-electron chi connectivity index (χ4n) is 6.50. The Morgan fingerprint density at radius 3 is 2.31 bits per heavy atom. The summed E-state index contributed by atoms with van der Waals surface area (Å²) in [5.74, 6) is -1.30. The largest absolute Gasteiger partial charge is 0.469 e. The first-order valence-electron chi connectivity index (χ1n) is 18.1. The van der Waals surface area contributed by atoms with E-state index >= 15 is 0 Å². The molecule has 0 bridgehead atoms. The summed E-state index contributed by atoms with van der Waals surface area (Å²) in [5, 5.41) is 7.74. The van der Waals surface area contributed by atoms with E-state index in [4.69, 9.17) is 19.0 Å². The van der Waals surface area contributed by atoms with Crippen LogP contribution >= 0.6 is 7.82 Å². The summed E-state index contributed by atoms with van der Waals surface area (Å²) in [5.41, 5.74) is 5.12. The van der Waals surface area contributed by atoms with Crippen LogP contribution in [0.4, 0.5) is 10.5 Å². The molecule has 1 saturated heterocycles. The zero-order valence-electron chi connectivity index (χ0n) is 30.9. The van der Waals surface area contributed by atoms with Crippen LogP contribution in [0.5, 0.6) is 0 Å². The first-order chi connectivity index (χ1) is 25.8. The Bertz CT molecular complexity index is 2100. The van der Waals surface area contributed by atoms with Crippen molar-refractivity contribution < 1.29 is 47.3 Å². The molecule has 16 heteroatoms. The summed E-state index contributed by atoms with van der Waals surface area (Å²) < 4.78 is 24.2. The molecule has 2 aliphatic heterocycles. The molecule has 4 N–H and O–H groups in total. The highest BCUT2D eigenvalue weighted by Crippen LogP contribution is 2.42. The van der Waals surface area contributed by atoms with Crippen LogP contribution in [0, 0.1) is 0 Å². The van der Waals surface area contributed by atoms with E-state index in [-0.39, 0.29) is 45.4 Å². The Morgan fingerprint density at radius 1 is 0.926 bits per heavy atom. The second kappa shape index (κ2) is 17.8. The molecule has 288 valence electrons. The number of hydrogen-bond acceptors (Lipinski definition) is 9. The van der Waals surface area contributed by atoms with Gasteiger partial charge in [-0.05, 0) is 75.1 Å². The standard InChI is InChI=1S/C38H46N5O10P/c1-5-41(6-2)27-12-14-29-32(22-27)52-33-23-28(42(7-3)8-4)13-15-30(33)37(29)31-20-25(24-40-38(47)39-18-9-19-51-54(48,49)50)10-11-26(31)21-36(46)53-43-34(44)16-17-35(43)45/h10-15,20,22-23H,5-9,16-19,21,24H2,1-4H3,(H3-,39,40,47,48,49,50)/p+1. The molecule has 0 saturated carbocycles. The lowest BCUT2D eigenvalue weighted by molar-refractivity contribution is -0.197. The maximum atomic E-state index is 13.3. The van der Waals surface area contributed by atoms with E-state index in [1.54, 1.807) is 12.1 Å². The van der Waals surface area contributed by atoms with Crippen molar-refractivity contribution in [1.82, 2.24) is 20.3 Å². The highest BCUT2D eigenvalue weighted by atomic mass is 31.2. The molecule has 2 aromatic carbocycles. The van der Waals surface area contributed by atoms with Crippen LogP contribution in [-0.4, -0.2) is 78.0 Å². The molecule has 0 aromatic heterocycles. The lowest BCUT2D eigenvalue weighted by Gasteiger charge is -2.23. The molecular weight excluding hydrogens is 717 g/mol. The van der Waals surface area contributed by atoms with Crippen molar-refractivity contribution in [1.29, 1.82) is 0 Å². The molecule has 5 rings (SSSR count). The maximum Gasteiger partial charge on any atom is 0.469 e. The van der Waals surface area contributed by atoms with Crippen LogP contribution in [0.15, 0.2) is 59.0 Å². The zero-order valence-corrected chi connectivity index (χ0v) is 31.8. The Balaban J connectivity index is 1.59. The lowest BCUT2D eigenvalue weighted by atomic mass is 9.88. The summed E-state index contributed by atoms with van der Waals surface area (Å²) >= 11 is 0. The van der Waals surface area contributed by atoms with Gasteiger partial charge in [-0.25, -0.2) is 18.7 Å². The molecule has 1 aliphatic carbocycles. The molecular formula is C38H47N5O10P+. The van der Waals surface area contributed by atoms with Crippen LogP contribution in [0.2, 0.25) is 0 Å². The average Bonchev–Trinajstić information content (AvgIpc) is 3.45. The number of imide groups is 1. The molecule has 15 nitrogen and oxygen atoms in total. The van der Waals surface area contributed by atoms with Crippen molar-refractivity contribution in [2.45, 2.75) is 59.9 Å². The van der Waals surface area contributed by atoms with Crippen molar-refractivity contribution in [2.24, 2.45) is 0 Å². The molecule has 54 heavy (non-hydrogen) atoms. The number of urea groups is 1. The number of nitrogens with one attached hydrogen (secondary N) is 2. The average molecular weight is 765 g/mol. The Morgan fingerprint density at radius 2 is 1.65 bits per heavy atom. The van der Waals surface area contributed by atoms with Gasteiger partial charge in [0.15, 0.2) is 0 Å². The number of hydrogen-bond donors (Lipinski definition) is 4. The first kappa shape index (κ1) is 40.1. The molecule has 2 aromatic rings. The second-order valence-electron chi connectivity index (χ2n) is 12.7. The minimum absolute atomic E-state index is 0.0235. The van der Waals surface area contributed by atoms with E-state index < -0.39 is 31.6 Å². The quantitative estimate of drug-likeness (QED) is 0.0418. The molecule has 0 atom stereocenters. The van der Waals surface area contributed by atoms with Crippen molar-refractivity contribution in [3.05, 3.63) is 71.1 Å². The summed E-state index contributed by atoms with van der Waals surface area (Å²) in [6.45, 7) is 11.5. The van der Waals surface area contributed by atoms with Gasteiger partial charge in [0.05, 0.1) is 19.1 Å². The van der Waals surface area contributed by atoms with Crippen LogP contribution in [0.25, 0.3) is 33.4 Å². The van der Waals surface area contributed by atoms with Crippen molar-refractivity contribution in [3.8, 4) is 22.5 Å². The van der Waals surface area contributed by atoms with Crippen LogP contribution in [-0.2, 0) is 41.3 Å². The SMILES string of the molecule is CCN(CC)c1ccc2c(-c3cc(CNC(=O)NCCCOP(=O)(O)O)ccc3CC(=O)ON3C(=O)CCC3=O)c3ccc(=[N+](CC)CC)cc-3oc2c1. The third-order valence-corrected chi connectivity index (χ3v) is 9.76. The van der Waals surface area contributed by atoms with Gasteiger partial charge >= 0.3 is 19.8 Å². The number of carbonyl (C=O) groups is 4. The molecule has 3 aliphatic rings. The van der Waals surface area contributed by atoms with Crippen LogP contribution in [0.1, 0.15) is 58.1 Å². The maximum absolute atomic E-state index is 13.3. The molecule has 0 radical (unpaired) electrons. The van der Waals surface area contributed by atoms with E-state index in [9.17, 15) is 23.7 Å². The number of fused-ring (bicyclic) bond motifs is 2. The smallest absolute Gasteiger partial charge is 0.456 e. The van der Waals surface area contributed by atoms with Crippen molar-refractivity contribution in [3.63, 3.8) is 0 Å². The second-order valence-corrected chi connectivity index (χ2v) is 13.9. The van der Waals surface area contributed by atoms with E-state index in [0.29, 0.717) is 33.1 Å². The predicted octanol–water partition coefficient (Wildman–Crippen LogP) is 4.31. The number of phosphoric ester groups is 1. The minimum atomic E-state index is -4.59. The van der Waals surface area contributed by atoms with Gasteiger partial charge in [-0.3, -0.25) is 14.1 Å². The summed E-state index contributed by atoms with van der Waals surface area (Å²) in [6.07, 6.45) is -0.122. The van der Waals surface area contributed by atoms with Gasteiger partial charge in [0.25, 0.3) is 11.8 Å². The van der Waals surface area contributed by atoms with Gasteiger partial charge < -0.3 is 34.6 Å². The van der Waals surface area contributed by atoms with Gasteiger partial charge in [-0.2, -0.15) is 0 Å². The number of phosphoric acid groups is 1. The normalized spacial score (nSPS) is 13.1. The van der Waals surface area contributed by atoms with Crippen LogP contribution < -0.4 is 25.5 Å². The Kier molecular flexibility index (Phi) is 13.2. The molecule has 4 amide bonds.